The van der Waals surface area contributed by atoms with E-state index >= 15 is 0 Å². The molecule has 0 aliphatic rings. The van der Waals surface area contributed by atoms with E-state index in [1.54, 1.807) is 0 Å². The lowest BCUT2D eigenvalue weighted by Crippen LogP contribution is -2.04. The van der Waals surface area contributed by atoms with Gasteiger partial charge in [-0.2, -0.15) is 4.98 Å². The summed E-state index contributed by atoms with van der Waals surface area (Å²) in [5.41, 5.74) is 5.75. The number of hydrogen-bond donors (Lipinski definition) is 2. The second-order valence-corrected chi connectivity index (χ2v) is 3.39. The van der Waals surface area contributed by atoms with Gasteiger partial charge in [-0.15, -0.1) is 0 Å². The first-order chi connectivity index (χ1) is 8.61. The Morgan fingerprint density at radius 3 is 2.78 bits per heavy atom. The maximum absolute atomic E-state index is 13.4. The van der Waals surface area contributed by atoms with E-state index in [9.17, 15) is 8.78 Å². The summed E-state index contributed by atoms with van der Waals surface area (Å²) >= 11 is 0. The topological polar surface area (TPSA) is 73.1 Å². The number of hydrogen-bond acceptors (Lipinski definition) is 5. The van der Waals surface area contributed by atoms with Gasteiger partial charge in [-0.25, -0.2) is 13.8 Å². The minimum Gasteiger partial charge on any atom is -0.479 e. The highest BCUT2D eigenvalue weighted by molar-refractivity contribution is 5.72. The van der Waals surface area contributed by atoms with Crippen LogP contribution in [0.2, 0.25) is 0 Å². The Balaban J connectivity index is 2.37. The van der Waals surface area contributed by atoms with Crippen molar-refractivity contribution in [3.63, 3.8) is 0 Å². The minimum atomic E-state index is -0.617. The van der Waals surface area contributed by atoms with Gasteiger partial charge < -0.3 is 15.8 Å². The van der Waals surface area contributed by atoms with Gasteiger partial charge in [-0.3, -0.25) is 0 Å². The van der Waals surface area contributed by atoms with Crippen molar-refractivity contribution in [2.45, 2.75) is 0 Å². The number of halogens is 2. The maximum atomic E-state index is 13.4. The molecule has 2 rings (SSSR count). The molecule has 0 bridgehead atoms. The summed E-state index contributed by atoms with van der Waals surface area (Å²) in [6.45, 7) is 0. The van der Waals surface area contributed by atoms with Gasteiger partial charge in [0.15, 0.2) is 5.82 Å². The fourth-order valence-electron chi connectivity index (χ4n) is 1.36. The quantitative estimate of drug-likeness (QED) is 0.875. The Kier molecular flexibility index (Phi) is 3.22. The molecule has 1 aromatic heterocycles. The normalized spacial score (nSPS) is 10.2. The van der Waals surface area contributed by atoms with Crippen LogP contribution in [0.15, 0.2) is 24.5 Å². The smallest absolute Gasteiger partial charge is 0.242 e. The molecule has 5 nitrogen and oxygen atoms in total. The summed E-state index contributed by atoms with van der Waals surface area (Å²) in [6.07, 6.45) is 1.20. The van der Waals surface area contributed by atoms with Gasteiger partial charge in [-0.1, -0.05) is 0 Å². The van der Waals surface area contributed by atoms with Gasteiger partial charge in [-0.05, 0) is 12.1 Å². The monoisotopic (exact) mass is 252 g/mol. The van der Waals surface area contributed by atoms with E-state index in [4.69, 9.17) is 10.5 Å². The molecule has 18 heavy (non-hydrogen) atoms. The Labute approximate surface area is 102 Å². The zero-order chi connectivity index (χ0) is 13.1. The largest absolute Gasteiger partial charge is 0.479 e. The SMILES string of the molecule is COc1ncnc(Nc2cc(F)ccc2F)c1N. The van der Waals surface area contributed by atoms with E-state index in [1.807, 2.05) is 0 Å². The second-order valence-electron chi connectivity index (χ2n) is 3.39. The number of anilines is 3. The molecule has 0 saturated carbocycles. The molecule has 0 radical (unpaired) electrons. The number of nitrogens with one attached hydrogen (secondary N) is 1. The summed E-state index contributed by atoms with van der Waals surface area (Å²) in [5.74, 6) is -0.887. The number of nitrogen functional groups attached to an aromatic ring is 1. The average molecular weight is 252 g/mol. The van der Waals surface area contributed by atoms with E-state index in [-0.39, 0.29) is 23.1 Å². The highest BCUT2D eigenvalue weighted by Gasteiger charge is 2.11. The van der Waals surface area contributed by atoms with E-state index in [1.165, 1.54) is 13.4 Å². The van der Waals surface area contributed by atoms with Crippen LogP contribution in [0.25, 0.3) is 0 Å². The van der Waals surface area contributed by atoms with E-state index < -0.39 is 11.6 Å². The fourth-order valence-corrected chi connectivity index (χ4v) is 1.36. The molecule has 0 aliphatic carbocycles. The van der Waals surface area contributed by atoms with Crippen LogP contribution in [0, 0.1) is 11.6 Å². The number of nitrogens with zero attached hydrogens (tertiary/aromatic N) is 2. The third kappa shape index (κ3) is 2.29. The minimum absolute atomic E-state index is 0.0672. The number of nitrogens with two attached hydrogens (primary N) is 1. The number of rotatable bonds is 3. The van der Waals surface area contributed by atoms with Crippen molar-refractivity contribution in [1.29, 1.82) is 0 Å². The van der Waals surface area contributed by atoms with Crippen LogP contribution in [0.1, 0.15) is 0 Å². The van der Waals surface area contributed by atoms with E-state index in [0.717, 1.165) is 18.2 Å². The molecule has 1 aromatic carbocycles. The van der Waals surface area contributed by atoms with Crippen molar-refractivity contribution in [2.75, 3.05) is 18.2 Å². The van der Waals surface area contributed by atoms with Gasteiger partial charge in [0.2, 0.25) is 5.88 Å². The van der Waals surface area contributed by atoms with Crippen LogP contribution in [-0.2, 0) is 0 Å². The average Bonchev–Trinajstić information content (AvgIpc) is 2.36. The van der Waals surface area contributed by atoms with Gasteiger partial charge in [0.25, 0.3) is 0 Å². The summed E-state index contributed by atoms with van der Waals surface area (Å²) < 4.78 is 31.3. The van der Waals surface area contributed by atoms with Crippen molar-refractivity contribution in [3.8, 4) is 5.88 Å². The molecular formula is C11H10F2N4O. The first kappa shape index (κ1) is 12.0. The Morgan fingerprint density at radius 2 is 2.06 bits per heavy atom. The van der Waals surface area contributed by atoms with Crippen LogP contribution < -0.4 is 15.8 Å². The Bertz CT molecular complexity index is 577. The molecule has 7 heteroatoms. The van der Waals surface area contributed by atoms with Crippen LogP contribution in [0.5, 0.6) is 5.88 Å². The van der Waals surface area contributed by atoms with E-state index in [0.29, 0.717) is 0 Å². The van der Waals surface area contributed by atoms with Crippen LogP contribution in [0.4, 0.5) is 26.0 Å². The highest BCUT2D eigenvalue weighted by atomic mass is 19.1. The predicted molar refractivity (Wildman–Crippen MR) is 62.6 cm³/mol. The van der Waals surface area contributed by atoms with E-state index in [2.05, 4.69) is 15.3 Å². The first-order valence-corrected chi connectivity index (χ1v) is 4.98. The standard InChI is InChI=1S/C11H10F2N4O/c1-18-11-9(14)10(15-5-16-11)17-8-4-6(12)2-3-7(8)13/h2-5H,14H2,1H3,(H,15,16,17). The molecule has 0 fully saturated rings. The molecule has 0 unspecified atom stereocenters. The summed E-state index contributed by atoms with van der Waals surface area (Å²) in [5, 5.41) is 2.58. The maximum Gasteiger partial charge on any atom is 0.242 e. The van der Waals surface area contributed by atoms with Crippen LogP contribution in [0.3, 0.4) is 0 Å². The number of methoxy groups -OCH3 is 1. The lowest BCUT2D eigenvalue weighted by Gasteiger charge is -2.10. The molecule has 1 heterocycles. The molecule has 3 N–H and O–H groups in total. The number of aromatic nitrogens is 2. The number of ether oxygens (including phenoxy) is 1. The van der Waals surface area contributed by atoms with Gasteiger partial charge in [0, 0.05) is 6.07 Å². The first-order valence-electron chi connectivity index (χ1n) is 4.98. The van der Waals surface area contributed by atoms with Crippen molar-refractivity contribution >= 4 is 17.2 Å². The molecule has 0 aliphatic heterocycles. The van der Waals surface area contributed by atoms with Gasteiger partial charge in [0.1, 0.15) is 23.6 Å². The predicted octanol–water partition coefficient (Wildman–Crippen LogP) is 2.09. The lowest BCUT2D eigenvalue weighted by molar-refractivity contribution is 0.399. The Hall–Kier alpha value is -2.44. The third-order valence-electron chi connectivity index (χ3n) is 2.22. The number of benzene rings is 1. The summed E-state index contributed by atoms with van der Waals surface area (Å²) in [6, 6.07) is 3.03. The van der Waals surface area contributed by atoms with Crippen LogP contribution in [-0.4, -0.2) is 17.1 Å². The fraction of sp³-hybridized carbons (Fsp3) is 0.0909. The molecule has 0 saturated heterocycles. The van der Waals surface area contributed by atoms with Gasteiger partial charge in [0.05, 0.1) is 12.8 Å². The van der Waals surface area contributed by atoms with Gasteiger partial charge >= 0.3 is 0 Å². The van der Waals surface area contributed by atoms with Crippen molar-refractivity contribution < 1.29 is 13.5 Å². The molecule has 0 amide bonds. The van der Waals surface area contributed by atoms with Crippen molar-refractivity contribution in [3.05, 3.63) is 36.2 Å². The molecule has 0 spiro atoms. The third-order valence-corrected chi connectivity index (χ3v) is 2.22. The molecule has 0 atom stereocenters. The zero-order valence-electron chi connectivity index (χ0n) is 9.45. The molecule has 94 valence electrons. The highest BCUT2D eigenvalue weighted by Crippen LogP contribution is 2.28. The summed E-state index contributed by atoms with van der Waals surface area (Å²) in [4.78, 5) is 7.61. The van der Waals surface area contributed by atoms with Crippen molar-refractivity contribution in [1.82, 2.24) is 9.97 Å². The Morgan fingerprint density at radius 1 is 1.28 bits per heavy atom. The lowest BCUT2D eigenvalue weighted by atomic mass is 10.3. The molecule has 2 aromatic rings. The molecular weight excluding hydrogens is 242 g/mol. The van der Waals surface area contributed by atoms with Crippen LogP contribution >= 0.6 is 0 Å². The second kappa shape index (κ2) is 4.82. The zero-order valence-corrected chi connectivity index (χ0v) is 9.45. The van der Waals surface area contributed by atoms with Crippen molar-refractivity contribution in [2.24, 2.45) is 0 Å². The summed E-state index contributed by atoms with van der Waals surface area (Å²) in [7, 11) is 1.39.